The van der Waals surface area contributed by atoms with Gasteiger partial charge in [-0.1, -0.05) is 12.1 Å². The van der Waals surface area contributed by atoms with Crippen LogP contribution < -0.4 is 5.56 Å². The van der Waals surface area contributed by atoms with Crippen LogP contribution in [-0.4, -0.2) is 27.9 Å². The maximum absolute atomic E-state index is 13.2. The molecule has 2 aliphatic heterocycles. The summed E-state index contributed by atoms with van der Waals surface area (Å²) in [6.07, 6.45) is 3.69. The maximum Gasteiger partial charge on any atom is 0.260 e. The highest BCUT2D eigenvalue weighted by molar-refractivity contribution is 5.94. The number of halogens is 1. The van der Waals surface area contributed by atoms with Crippen LogP contribution in [-0.2, 0) is 0 Å². The first-order valence-electron chi connectivity index (χ1n) is 8.81. The Labute approximate surface area is 145 Å². The van der Waals surface area contributed by atoms with E-state index in [0.717, 1.165) is 36.9 Å². The van der Waals surface area contributed by atoms with Crippen molar-refractivity contribution in [3.05, 3.63) is 69.4 Å². The molecule has 2 saturated heterocycles. The zero-order valence-corrected chi connectivity index (χ0v) is 14.2. The summed E-state index contributed by atoms with van der Waals surface area (Å²) in [7, 11) is 0. The molecule has 1 amide bonds. The van der Waals surface area contributed by atoms with Gasteiger partial charge in [-0.25, -0.2) is 4.39 Å². The number of nitrogens with one attached hydrogen (secondary N) is 1. The van der Waals surface area contributed by atoms with Crippen LogP contribution in [0.3, 0.4) is 0 Å². The van der Waals surface area contributed by atoms with Crippen molar-refractivity contribution in [3.63, 3.8) is 0 Å². The fourth-order valence-corrected chi connectivity index (χ4v) is 4.40. The van der Waals surface area contributed by atoms with E-state index >= 15 is 0 Å². The molecular weight excluding hydrogens is 319 g/mol. The molecule has 0 radical (unpaired) electrons. The van der Waals surface area contributed by atoms with Gasteiger partial charge < -0.3 is 9.88 Å². The number of aromatic amines is 1. The minimum Gasteiger partial charge on any atom is -0.332 e. The highest BCUT2D eigenvalue weighted by atomic mass is 19.1. The summed E-state index contributed by atoms with van der Waals surface area (Å²) in [4.78, 5) is 29.7. The van der Waals surface area contributed by atoms with Crippen molar-refractivity contribution in [3.8, 4) is 0 Å². The second-order valence-electron chi connectivity index (χ2n) is 7.20. The number of piperidine rings is 1. The van der Waals surface area contributed by atoms with E-state index in [-0.39, 0.29) is 34.9 Å². The number of rotatable bonds is 2. The van der Waals surface area contributed by atoms with Crippen LogP contribution in [0.4, 0.5) is 4.39 Å². The SMILES string of the molecule is Cc1ccc(C(=O)N2C3CCC2CC(c2ccc(F)cc2)C3)c(=O)[nH]1. The van der Waals surface area contributed by atoms with E-state index in [1.54, 1.807) is 19.1 Å². The fourth-order valence-electron chi connectivity index (χ4n) is 4.40. The number of carbonyl (C=O) groups is 1. The average molecular weight is 340 g/mol. The minimum atomic E-state index is -0.315. The third-order valence-electron chi connectivity index (χ3n) is 5.59. The normalized spacial score (nSPS) is 25.2. The molecule has 4 nitrogen and oxygen atoms in total. The van der Waals surface area contributed by atoms with Crippen LogP contribution in [0.25, 0.3) is 0 Å². The van der Waals surface area contributed by atoms with Gasteiger partial charge in [-0.05, 0) is 68.4 Å². The van der Waals surface area contributed by atoms with Gasteiger partial charge in [0.15, 0.2) is 0 Å². The molecule has 0 saturated carbocycles. The first kappa shape index (κ1) is 16.1. The number of carbonyl (C=O) groups excluding carboxylic acids is 1. The first-order valence-corrected chi connectivity index (χ1v) is 8.81. The Bertz CT molecular complexity index is 845. The van der Waals surface area contributed by atoms with E-state index in [2.05, 4.69) is 4.98 Å². The van der Waals surface area contributed by atoms with Gasteiger partial charge >= 0.3 is 0 Å². The van der Waals surface area contributed by atoms with E-state index < -0.39 is 0 Å². The highest BCUT2D eigenvalue weighted by Crippen LogP contribution is 2.43. The molecule has 2 atom stereocenters. The minimum absolute atomic E-state index is 0.155. The number of H-pyrrole nitrogens is 1. The van der Waals surface area contributed by atoms with E-state index in [1.165, 1.54) is 12.1 Å². The summed E-state index contributed by atoms with van der Waals surface area (Å²) in [6, 6.07) is 10.4. The summed E-state index contributed by atoms with van der Waals surface area (Å²) in [6.45, 7) is 1.80. The zero-order chi connectivity index (χ0) is 17.6. The molecule has 2 fully saturated rings. The smallest absolute Gasteiger partial charge is 0.260 e. The molecule has 130 valence electrons. The van der Waals surface area contributed by atoms with Gasteiger partial charge in [-0.3, -0.25) is 9.59 Å². The molecule has 4 rings (SSSR count). The summed E-state index contributed by atoms with van der Waals surface area (Å²) >= 11 is 0. The van der Waals surface area contributed by atoms with Gasteiger partial charge in [0, 0.05) is 17.8 Å². The Morgan fingerprint density at radius 3 is 2.32 bits per heavy atom. The van der Waals surface area contributed by atoms with E-state index in [0.29, 0.717) is 5.92 Å². The highest BCUT2D eigenvalue weighted by Gasteiger charge is 2.44. The molecule has 1 N–H and O–H groups in total. The third kappa shape index (κ3) is 2.88. The molecule has 2 aromatic rings. The van der Waals surface area contributed by atoms with Crippen LogP contribution >= 0.6 is 0 Å². The van der Waals surface area contributed by atoms with Gasteiger partial charge in [-0.2, -0.15) is 0 Å². The molecule has 2 bridgehead atoms. The lowest BCUT2D eigenvalue weighted by atomic mass is 9.85. The predicted octanol–water partition coefficient (Wildman–Crippen LogP) is 3.37. The van der Waals surface area contributed by atoms with Crippen molar-refractivity contribution < 1.29 is 9.18 Å². The lowest BCUT2D eigenvalue weighted by Gasteiger charge is -2.39. The summed E-state index contributed by atoms with van der Waals surface area (Å²) in [5.74, 6) is -0.0392. The van der Waals surface area contributed by atoms with Crippen LogP contribution in [0, 0.1) is 12.7 Å². The lowest BCUT2D eigenvalue weighted by molar-refractivity contribution is 0.0569. The van der Waals surface area contributed by atoms with Crippen LogP contribution in [0.2, 0.25) is 0 Å². The van der Waals surface area contributed by atoms with Crippen molar-refractivity contribution in [2.24, 2.45) is 0 Å². The van der Waals surface area contributed by atoms with Crippen molar-refractivity contribution in [2.75, 3.05) is 0 Å². The number of aryl methyl sites for hydroxylation is 1. The quantitative estimate of drug-likeness (QED) is 0.911. The monoisotopic (exact) mass is 340 g/mol. The van der Waals surface area contributed by atoms with Crippen molar-refractivity contribution in [1.29, 1.82) is 0 Å². The molecule has 0 aliphatic carbocycles. The molecular formula is C20H21FN2O2. The molecule has 2 aliphatic rings. The number of nitrogens with zero attached hydrogens (tertiary/aromatic N) is 1. The fraction of sp³-hybridized carbons (Fsp3) is 0.400. The Kier molecular flexibility index (Phi) is 3.94. The van der Waals surface area contributed by atoms with Gasteiger partial charge in [0.05, 0.1) is 0 Å². The number of fused-ring (bicyclic) bond motifs is 2. The van der Waals surface area contributed by atoms with Crippen LogP contribution in [0.5, 0.6) is 0 Å². The number of aromatic nitrogens is 1. The van der Waals surface area contributed by atoms with Crippen molar-refractivity contribution in [1.82, 2.24) is 9.88 Å². The number of amides is 1. The van der Waals surface area contributed by atoms with Crippen molar-refractivity contribution >= 4 is 5.91 Å². The van der Waals surface area contributed by atoms with E-state index in [1.807, 2.05) is 17.0 Å². The third-order valence-corrected chi connectivity index (χ3v) is 5.59. The molecule has 3 heterocycles. The zero-order valence-electron chi connectivity index (χ0n) is 14.2. The maximum atomic E-state index is 13.2. The van der Waals surface area contributed by atoms with E-state index in [9.17, 15) is 14.0 Å². The summed E-state index contributed by atoms with van der Waals surface area (Å²) in [5.41, 5.74) is 1.80. The van der Waals surface area contributed by atoms with Gasteiger partial charge in [0.25, 0.3) is 11.5 Å². The Balaban J connectivity index is 1.57. The number of pyridine rings is 1. The number of hydrogen-bond donors (Lipinski definition) is 1. The standard InChI is InChI=1S/C20H21FN2O2/c1-12-2-9-18(19(24)22-12)20(25)23-16-7-8-17(23)11-14(10-16)13-3-5-15(21)6-4-13/h2-6,9,14,16-17H,7-8,10-11H2,1H3,(H,22,24). The lowest BCUT2D eigenvalue weighted by Crippen LogP contribution is -2.47. The van der Waals surface area contributed by atoms with Crippen molar-refractivity contribution in [2.45, 2.75) is 50.6 Å². The predicted molar refractivity (Wildman–Crippen MR) is 93.2 cm³/mol. The number of hydrogen-bond acceptors (Lipinski definition) is 2. The Morgan fingerprint density at radius 1 is 1.08 bits per heavy atom. The summed E-state index contributed by atoms with van der Waals surface area (Å²) in [5, 5.41) is 0. The molecule has 2 unspecified atom stereocenters. The molecule has 1 aromatic carbocycles. The average Bonchev–Trinajstić information content (AvgIpc) is 2.85. The summed E-state index contributed by atoms with van der Waals surface area (Å²) < 4.78 is 13.2. The first-order chi connectivity index (χ1) is 12.0. The molecule has 5 heteroatoms. The second-order valence-corrected chi connectivity index (χ2v) is 7.20. The van der Waals surface area contributed by atoms with Gasteiger partial charge in [0.1, 0.15) is 11.4 Å². The van der Waals surface area contributed by atoms with Crippen LogP contribution in [0.15, 0.2) is 41.2 Å². The van der Waals surface area contributed by atoms with Crippen LogP contribution in [0.1, 0.15) is 53.2 Å². The topological polar surface area (TPSA) is 53.2 Å². The van der Waals surface area contributed by atoms with Gasteiger partial charge in [0.2, 0.25) is 0 Å². The Hall–Kier alpha value is -2.43. The number of benzene rings is 1. The van der Waals surface area contributed by atoms with E-state index in [4.69, 9.17) is 0 Å². The molecule has 0 spiro atoms. The second kappa shape index (κ2) is 6.14. The largest absolute Gasteiger partial charge is 0.332 e. The van der Waals surface area contributed by atoms with Gasteiger partial charge in [-0.15, -0.1) is 0 Å². The molecule has 1 aromatic heterocycles. The molecule has 25 heavy (non-hydrogen) atoms. The Morgan fingerprint density at radius 2 is 1.72 bits per heavy atom.